The average Bonchev–Trinajstić information content (AvgIpc) is 2.72. The Labute approximate surface area is 168 Å². The number of carbonyl (C=O) groups is 1. The van der Waals surface area contributed by atoms with Crippen LogP contribution < -0.4 is 0 Å². The van der Waals surface area contributed by atoms with Crippen LogP contribution in [-0.4, -0.2) is 33.2 Å². The quantitative estimate of drug-likeness (QED) is 0.597. The van der Waals surface area contributed by atoms with Crippen molar-refractivity contribution in [2.45, 2.75) is 39.8 Å². The number of nitrogens with zero attached hydrogens (tertiary/aromatic N) is 4. The fraction of sp³-hybridized carbons (Fsp3) is 0.304. The van der Waals surface area contributed by atoms with Gasteiger partial charge in [-0.3, -0.25) is 19.9 Å². The molecule has 5 nitrogen and oxygen atoms in total. The Morgan fingerprint density at radius 3 is 1.50 bits per heavy atom. The van der Waals surface area contributed by atoms with Gasteiger partial charge in [0.2, 0.25) is 0 Å². The highest BCUT2D eigenvalue weighted by atomic mass is 16.1. The van der Waals surface area contributed by atoms with E-state index in [1.165, 1.54) is 19.0 Å². The Bertz CT molecular complexity index is 695. The molecule has 0 saturated carbocycles. The highest BCUT2D eigenvalue weighted by Crippen LogP contribution is 2.03. The van der Waals surface area contributed by atoms with Crippen molar-refractivity contribution in [1.82, 2.24) is 19.9 Å². The lowest BCUT2D eigenvalue weighted by Gasteiger charge is -2.15. The maximum atomic E-state index is 8.81. The van der Waals surface area contributed by atoms with Crippen molar-refractivity contribution in [3.63, 3.8) is 0 Å². The highest BCUT2D eigenvalue weighted by Gasteiger charge is 2.02. The third-order valence-corrected chi connectivity index (χ3v) is 3.55. The smallest absolute Gasteiger partial charge is 0.116 e. The third-order valence-electron chi connectivity index (χ3n) is 3.55. The summed E-state index contributed by atoms with van der Waals surface area (Å²) >= 11 is 0. The van der Waals surface area contributed by atoms with E-state index in [-0.39, 0.29) is 0 Å². The molecule has 0 fully saturated rings. The van der Waals surface area contributed by atoms with Crippen molar-refractivity contribution in [2.24, 2.45) is 0 Å². The topological polar surface area (TPSA) is 59.0 Å². The summed E-state index contributed by atoms with van der Waals surface area (Å²) in [6.07, 6.45) is 8.51. The van der Waals surface area contributed by atoms with E-state index in [4.69, 9.17) is 4.79 Å². The molecule has 148 valence electrons. The van der Waals surface area contributed by atoms with Gasteiger partial charge in [-0.05, 0) is 56.8 Å². The molecule has 3 rings (SSSR count). The number of pyridine rings is 3. The third kappa shape index (κ3) is 10.9. The maximum Gasteiger partial charge on any atom is 0.116 e. The summed E-state index contributed by atoms with van der Waals surface area (Å²) in [7, 11) is 2.07. The van der Waals surface area contributed by atoms with Crippen LogP contribution in [0.1, 0.15) is 37.4 Å². The molecule has 0 aliphatic rings. The minimum atomic E-state index is 0.750. The van der Waals surface area contributed by atoms with Crippen molar-refractivity contribution in [3.8, 4) is 0 Å². The molecule has 0 N–H and O–H groups in total. The Hall–Kier alpha value is -2.92. The molecule has 3 heterocycles. The number of hydrogen-bond donors (Lipinski definition) is 0. The lowest BCUT2D eigenvalue weighted by atomic mass is 10.2. The maximum absolute atomic E-state index is 8.81. The Kier molecular flexibility index (Phi) is 12.5. The predicted octanol–water partition coefficient (Wildman–Crippen LogP) is 4.35. The molecule has 0 amide bonds. The number of aldehydes is 1. The van der Waals surface area contributed by atoms with Crippen LogP contribution in [0.4, 0.5) is 0 Å². The van der Waals surface area contributed by atoms with Gasteiger partial charge in [-0.2, -0.15) is 0 Å². The van der Waals surface area contributed by atoms with Crippen molar-refractivity contribution >= 4 is 6.29 Å². The Balaban J connectivity index is 0.000000276. The summed E-state index contributed by atoms with van der Waals surface area (Å²) in [5.74, 6) is 0. The fourth-order valence-corrected chi connectivity index (χ4v) is 2.39. The lowest BCUT2D eigenvalue weighted by Crippen LogP contribution is -2.18. The van der Waals surface area contributed by atoms with Crippen LogP contribution in [0, 0.1) is 0 Å². The number of aromatic nitrogens is 3. The minimum Gasteiger partial charge on any atom is -0.304 e. The molecule has 0 radical (unpaired) electrons. The van der Waals surface area contributed by atoms with Gasteiger partial charge in [0.15, 0.2) is 0 Å². The van der Waals surface area contributed by atoms with Gasteiger partial charge in [0.25, 0.3) is 0 Å². The molecule has 0 unspecified atom stereocenters. The van der Waals surface area contributed by atoms with E-state index in [0.29, 0.717) is 0 Å². The molecule has 0 aliphatic carbocycles. The Morgan fingerprint density at radius 2 is 1.18 bits per heavy atom. The van der Waals surface area contributed by atoms with Gasteiger partial charge in [-0.25, -0.2) is 0 Å². The summed E-state index contributed by atoms with van der Waals surface area (Å²) in [5, 5.41) is 0. The molecule has 3 aromatic rings. The van der Waals surface area contributed by atoms with Gasteiger partial charge in [0.05, 0.1) is 11.4 Å². The SMILES string of the molecule is CC=O.CCCc1ccccn1.CN(Cc1ccccn1)Cc1ccccn1. The second kappa shape index (κ2) is 15.2. The number of aryl methyl sites for hydroxylation is 1. The first-order valence-electron chi connectivity index (χ1n) is 9.47. The predicted molar refractivity (Wildman–Crippen MR) is 114 cm³/mol. The number of carbonyl (C=O) groups excluding carboxylic acids is 1. The molecule has 5 heteroatoms. The molecule has 0 aliphatic heterocycles. The summed E-state index contributed by atoms with van der Waals surface area (Å²) in [4.78, 5) is 23.8. The molecule has 0 aromatic carbocycles. The molecule has 0 saturated heterocycles. The van der Waals surface area contributed by atoms with E-state index in [2.05, 4.69) is 39.9 Å². The van der Waals surface area contributed by atoms with Crippen molar-refractivity contribution in [1.29, 1.82) is 0 Å². The molecule has 0 bridgehead atoms. The van der Waals surface area contributed by atoms with Gasteiger partial charge in [0.1, 0.15) is 6.29 Å². The van der Waals surface area contributed by atoms with Crippen LogP contribution in [0.3, 0.4) is 0 Å². The van der Waals surface area contributed by atoms with Crippen molar-refractivity contribution in [2.75, 3.05) is 7.05 Å². The van der Waals surface area contributed by atoms with Crippen molar-refractivity contribution < 1.29 is 4.79 Å². The zero-order chi connectivity index (χ0) is 20.5. The van der Waals surface area contributed by atoms with Gasteiger partial charge < -0.3 is 4.79 Å². The van der Waals surface area contributed by atoms with Gasteiger partial charge >= 0.3 is 0 Å². The summed E-state index contributed by atoms with van der Waals surface area (Å²) in [6.45, 7) is 5.30. The second-order valence-corrected chi connectivity index (χ2v) is 6.12. The number of hydrogen-bond acceptors (Lipinski definition) is 5. The second-order valence-electron chi connectivity index (χ2n) is 6.12. The van der Waals surface area contributed by atoms with Crippen LogP contribution >= 0.6 is 0 Å². The van der Waals surface area contributed by atoms with Gasteiger partial charge in [-0.15, -0.1) is 0 Å². The zero-order valence-corrected chi connectivity index (χ0v) is 17.0. The van der Waals surface area contributed by atoms with Gasteiger partial charge in [0, 0.05) is 37.4 Å². The minimum absolute atomic E-state index is 0.750. The van der Waals surface area contributed by atoms with Crippen LogP contribution in [0.25, 0.3) is 0 Å². The van der Waals surface area contributed by atoms with E-state index < -0.39 is 0 Å². The highest BCUT2D eigenvalue weighted by molar-refractivity contribution is 5.44. The first-order valence-corrected chi connectivity index (χ1v) is 9.47. The van der Waals surface area contributed by atoms with Gasteiger partial charge in [-0.1, -0.05) is 31.5 Å². The molecule has 28 heavy (non-hydrogen) atoms. The molecule has 0 atom stereocenters. The van der Waals surface area contributed by atoms with E-state index in [1.54, 1.807) is 0 Å². The van der Waals surface area contributed by atoms with E-state index in [1.807, 2.05) is 67.1 Å². The standard InChI is InChI=1S/C13H15N3.C8H11N.C2H4O/c1-16(10-12-6-2-4-8-14-12)11-13-7-3-5-9-15-13;1-2-5-8-6-3-4-7-9-8;1-2-3/h2-9H,10-11H2,1H3;3-4,6-7H,2,5H2,1H3;2H,1H3. The van der Waals surface area contributed by atoms with E-state index in [9.17, 15) is 0 Å². The average molecular weight is 379 g/mol. The monoisotopic (exact) mass is 378 g/mol. The number of rotatable bonds is 6. The molecule has 3 aromatic heterocycles. The van der Waals surface area contributed by atoms with Crippen LogP contribution in [-0.2, 0) is 24.3 Å². The molecular formula is C23H30N4O. The van der Waals surface area contributed by atoms with Crippen molar-refractivity contribution in [3.05, 3.63) is 90.3 Å². The normalized spacial score (nSPS) is 9.57. The zero-order valence-electron chi connectivity index (χ0n) is 17.0. The van der Waals surface area contributed by atoms with E-state index in [0.717, 1.165) is 37.2 Å². The summed E-state index contributed by atoms with van der Waals surface area (Å²) < 4.78 is 0. The lowest BCUT2D eigenvalue weighted by molar-refractivity contribution is -0.106. The summed E-state index contributed by atoms with van der Waals surface area (Å²) in [6, 6.07) is 18.0. The molecular weight excluding hydrogens is 348 g/mol. The Morgan fingerprint density at radius 1 is 0.786 bits per heavy atom. The molecule has 0 spiro atoms. The first kappa shape index (κ1) is 23.1. The van der Waals surface area contributed by atoms with Crippen LogP contribution in [0.15, 0.2) is 73.2 Å². The van der Waals surface area contributed by atoms with Crippen LogP contribution in [0.2, 0.25) is 0 Å². The summed E-state index contributed by atoms with van der Waals surface area (Å²) in [5.41, 5.74) is 3.36. The fourth-order valence-electron chi connectivity index (χ4n) is 2.39. The first-order chi connectivity index (χ1) is 13.7. The largest absolute Gasteiger partial charge is 0.304 e. The van der Waals surface area contributed by atoms with Crippen LogP contribution in [0.5, 0.6) is 0 Å². The van der Waals surface area contributed by atoms with E-state index >= 15 is 0 Å².